The van der Waals surface area contributed by atoms with Crippen molar-refractivity contribution in [1.82, 2.24) is 30.2 Å². The number of hydrogen-bond donors (Lipinski definition) is 1. The fraction of sp³-hybridized carbons (Fsp3) is 0.389. The minimum Gasteiger partial charge on any atom is -0.349 e. The van der Waals surface area contributed by atoms with Crippen molar-refractivity contribution in [1.29, 1.82) is 0 Å². The van der Waals surface area contributed by atoms with Crippen LogP contribution in [0.1, 0.15) is 54.5 Å². The molecule has 0 bridgehead atoms. The Bertz CT molecular complexity index is 954. The number of nitrogens with one attached hydrogen (secondary N) is 1. The zero-order valence-corrected chi connectivity index (χ0v) is 14.9. The maximum absolute atomic E-state index is 12.3. The van der Waals surface area contributed by atoms with Crippen molar-refractivity contribution in [3.05, 3.63) is 41.6 Å². The zero-order chi connectivity index (χ0) is 18.3. The van der Waals surface area contributed by atoms with E-state index in [1.165, 1.54) is 0 Å². The van der Waals surface area contributed by atoms with Gasteiger partial charge in [0.25, 0.3) is 11.8 Å². The standard InChI is InChI=1S/C18H20N6O2/c1-10(2)16-22-18(26-23-16)12-6-7-19-15(8-12)24-11(3)14(9-20-24)17(25)21-13-4-5-13/h6-10,13H,4-5H2,1-3H3,(H,21,25). The van der Waals surface area contributed by atoms with Crippen LogP contribution in [0.2, 0.25) is 0 Å². The quantitative estimate of drug-likeness (QED) is 0.758. The maximum Gasteiger partial charge on any atom is 0.258 e. The summed E-state index contributed by atoms with van der Waals surface area (Å²) in [6.07, 6.45) is 5.33. The fourth-order valence-corrected chi connectivity index (χ4v) is 2.61. The second-order valence-electron chi connectivity index (χ2n) is 6.82. The minimum absolute atomic E-state index is 0.0918. The van der Waals surface area contributed by atoms with Crippen LogP contribution in [0.5, 0.6) is 0 Å². The number of hydrogen-bond acceptors (Lipinski definition) is 6. The number of nitrogens with zero attached hydrogens (tertiary/aromatic N) is 5. The lowest BCUT2D eigenvalue weighted by molar-refractivity contribution is 0.0950. The maximum atomic E-state index is 12.3. The third-order valence-electron chi connectivity index (χ3n) is 4.33. The highest BCUT2D eigenvalue weighted by molar-refractivity contribution is 5.95. The van der Waals surface area contributed by atoms with Crippen LogP contribution in [-0.4, -0.2) is 36.9 Å². The van der Waals surface area contributed by atoms with Crippen molar-refractivity contribution in [2.24, 2.45) is 0 Å². The summed E-state index contributed by atoms with van der Waals surface area (Å²) in [5.74, 6) is 1.79. The molecule has 0 aliphatic heterocycles. The van der Waals surface area contributed by atoms with Crippen LogP contribution in [0.25, 0.3) is 17.3 Å². The Hall–Kier alpha value is -3.03. The van der Waals surface area contributed by atoms with Crippen LogP contribution in [0, 0.1) is 6.92 Å². The number of carbonyl (C=O) groups is 1. The molecule has 8 heteroatoms. The topological polar surface area (TPSA) is 98.7 Å². The van der Waals surface area contributed by atoms with Gasteiger partial charge in [-0.3, -0.25) is 4.79 Å². The molecule has 134 valence electrons. The number of pyridine rings is 1. The summed E-state index contributed by atoms with van der Waals surface area (Å²) in [6, 6.07) is 3.93. The first-order valence-electron chi connectivity index (χ1n) is 8.69. The number of carbonyl (C=O) groups excluding carboxylic acids is 1. The van der Waals surface area contributed by atoms with E-state index in [1.54, 1.807) is 23.1 Å². The van der Waals surface area contributed by atoms with Crippen LogP contribution < -0.4 is 5.32 Å². The first-order chi connectivity index (χ1) is 12.5. The Balaban J connectivity index is 1.64. The average molecular weight is 352 g/mol. The molecule has 0 unspecified atom stereocenters. The highest BCUT2D eigenvalue weighted by atomic mass is 16.5. The SMILES string of the molecule is Cc1c(C(=O)NC2CC2)cnn1-c1cc(-c2nc(C(C)C)no2)ccn1. The molecule has 1 amide bonds. The smallest absolute Gasteiger partial charge is 0.258 e. The molecule has 3 aromatic rings. The first-order valence-corrected chi connectivity index (χ1v) is 8.69. The van der Waals surface area contributed by atoms with E-state index < -0.39 is 0 Å². The van der Waals surface area contributed by atoms with Crippen molar-refractivity contribution in [3.63, 3.8) is 0 Å². The lowest BCUT2D eigenvalue weighted by Gasteiger charge is -2.06. The van der Waals surface area contributed by atoms with E-state index in [4.69, 9.17) is 4.52 Å². The second-order valence-corrected chi connectivity index (χ2v) is 6.82. The van der Waals surface area contributed by atoms with Crippen molar-refractivity contribution >= 4 is 5.91 Å². The van der Waals surface area contributed by atoms with E-state index in [0.717, 1.165) is 24.1 Å². The number of rotatable bonds is 5. The van der Waals surface area contributed by atoms with Gasteiger partial charge < -0.3 is 9.84 Å². The monoisotopic (exact) mass is 352 g/mol. The van der Waals surface area contributed by atoms with Gasteiger partial charge in [-0.25, -0.2) is 9.67 Å². The molecule has 0 saturated heterocycles. The van der Waals surface area contributed by atoms with Gasteiger partial charge in [0.05, 0.1) is 17.5 Å². The molecule has 1 saturated carbocycles. The normalized spacial score (nSPS) is 14.0. The third-order valence-corrected chi connectivity index (χ3v) is 4.33. The van der Waals surface area contributed by atoms with Crippen molar-refractivity contribution in [3.8, 4) is 17.3 Å². The van der Waals surface area contributed by atoms with E-state index in [1.807, 2.05) is 26.8 Å². The van der Waals surface area contributed by atoms with Crippen LogP contribution in [0.15, 0.2) is 29.0 Å². The number of amides is 1. The van der Waals surface area contributed by atoms with E-state index in [-0.39, 0.29) is 11.8 Å². The Labute approximate surface area is 150 Å². The molecule has 0 atom stereocenters. The summed E-state index contributed by atoms with van der Waals surface area (Å²) in [5.41, 5.74) is 2.05. The van der Waals surface area contributed by atoms with Crippen LogP contribution in [0.4, 0.5) is 0 Å². The van der Waals surface area contributed by atoms with E-state index >= 15 is 0 Å². The average Bonchev–Trinajstić information content (AvgIpc) is 3.15. The fourth-order valence-electron chi connectivity index (χ4n) is 2.61. The summed E-state index contributed by atoms with van der Waals surface area (Å²) in [7, 11) is 0. The highest BCUT2D eigenvalue weighted by Crippen LogP contribution is 2.23. The Morgan fingerprint density at radius 3 is 2.88 bits per heavy atom. The molecular weight excluding hydrogens is 332 g/mol. The molecule has 1 fully saturated rings. The Morgan fingerprint density at radius 1 is 1.38 bits per heavy atom. The second kappa shape index (κ2) is 6.36. The molecule has 0 radical (unpaired) electrons. The Kier molecular flexibility index (Phi) is 4.02. The molecule has 1 N–H and O–H groups in total. The van der Waals surface area contributed by atoms with Gasteiger partial charge in [0.2, 0.25) is 0 Å². The number of aromatic nitrogens is 5. The zero-order valence-electron chi connectivity index (χ0n) is 14.9. The van der Waals surface area contributed by atoms with Gasteiger partial charge in [0, 0.05) is 23.7 Å². The van der Waals surface area contributed by atoms with Gasteiger partial charge in [0.1, 0.15) is 0 Å². The van der Waals surface area contributed by atoms with Gasteiger partial charge in [-0.2, -0.15) is 10.1 Å². The molecule has 3 aromatic heterocycles. The van der Waals surface area contributed by atoms with E-state index in [2.05, 4.69) is 25.5 Å². The largest absolute Gasteiger partial charge is 0.349 e. The molecule has 0 spiro atoms. The van der Waals surface area contributed by atoms with Crippen molar-refractivity contribution in [2.45, 2.75) is 45.6 Å². The highest BCUT2D eigenvalue weighted by Gasteiger charge is 2.25. The summed E-state index contributed by atoms with van der Waals surface area (Å²) in [4.78, 5) is 21.1. The Morgan fingerprint density at radius 2 is 2.19 bits per heavy atom. The molecule has 1 aliphatic rings. The van der Waals surface area contributed by atoms with Crippen molar-refractivity contribution < 1.29 is 9.32 Å². The van der Waals surface area contributed by atoms with Gasteiger partial charge in [0.15, 0.2) is 11.6 Å². The lowest BCUT2D eigenvalue weighted by atomic mass is 10.2. The van der Waals surface area contributed by atoms with Gasteiger partial charge in [-0.1, -0.05) is 19.0 Å². The predicted octanol–water partition coefficient (Wildman–Crippen LogP) is 2.64. The first kappa shape index (κ1) is 16.4. The molecule has 4 rings (SSSR count). The molecule has 3 heterocycles. The molecular formula is C18H20N6O2. The minimum atomic E-state index is -0.0918. The van der Waals surface area contributed by atoms with E-state index in [9.17, 15) is 4.79 Å². The van der Waals surface area contributed by atoms with Gasteiger partial charge in [-0.05, 0) is 31.9 Å². The van der Waals surface area contributed by atoms with Crippen LogP contribution in [-0.2, 0) is 0 Å². The summed E-state index contributed by atoms with van der Waals surface area (Å²) < 4.78 is 6.99. The lowest BCUT2D eigenvalue weighted by Crippen LogP contribution is -2.25. The third kappa shape index (κ3) is 3.10. The van der Waals surface area contributed by atoms with Crippen molar-refractivity contribution in [2.75, 3.05) is 0 Å². The summed E-state index contributed by atoms with van der Waals surface area (Å²) >= 11 is 0. The summed E-state index contributed by atoms with van der Waals surface area (Å²) in [5, 5.41) is 11.3. The van der Waals surface area contributed by atoms with E-state index in [0.29, 0.717) is 29.1 Å². The van der Waals surface area contributed by atoms with Crippen LogP contribution >= 0.6 is 0 Å². The molecule has 8 nitrogen and oxygen atoms in total. The predicted molar refractivity (Wildman–Crippen MR) is 94.0 cm³/mol. The molecule has 0 aromatic carbocycles. The van der Waals surface area contributed by atoms with Gasteiger partial charge in [-0.15, -0.1) is 0 Å². The van der Waals surface area contributed by atoms with Crippen LogP contribution in [0.3, 0.4) is 0 Å². The molecule has 1 aliphatic carbocycles. The van der Waals surface area contributed by atoms with Gasteiger partial charge >= 0.3 is 0 Å². The molecule has 26 heavy (non-hydrogen) atoms. The summed E-state index contributed by atoms with van der Waals surface area (Å²) in [6.45, 7) is 5.87.